The Morgan fingerprint density at radius 1 is 1.17 bits per heavy atom. The number of aromatic hydroxyl groups is 1. The number of anilines is 1. The molecule has 0 aromatic heterocycles. The van der Waals surface area contributed by atoms with Crippen molar-refractivity contribution in [2.75, 3.05) is 5.32 Å². The van der Waals surface area contributed by atoms with E-state index < -0.39 is 11.7 Å². The lowest BCUT2D eigenvalue weighted by Crippen LogP contribution is -2.13. The first-order valence-electron chi connectivity index (χ1n) is 5.12. The Morgan fingerprint density at radius 3 is 2.44 bits per heavy atom. The third-order valence-electron chi connectivity index (χ3n) is 2.32. The standard InChI is InChI=1S/C13H9FINO2/c14-10-2-1-3-11(17)12(10)13(18)16-9-6-4-8(15)5-7-9/h1-7,17H,(H,16,18). The van der Waals surface area contributed by atoms with E-state index in [9.17, 15) is 14.3 Å². The van der Waals surface area contributed by atoms with Crippen LogP contribution in [0.2, 0.25) is 0 Å². The number of carbonyl (C=O) groups is 1. The van der Waals surface area contributed by atoms with Crippen molar-refractivity contribution >= 4 is 34.2 Å². The Hall–Kier alpha value is -1.63. The molecule has 0 aliphatic rings. The van der Waals surface area contributed by atoms with E-state index in [1.807, 2.05) is 12.1 Å². The predicted octanol–water partition coefficient (Wildman–Crippen LogP) is 3.39. The van der Waals surface area contributed by atoms with Crippen LogP contribution in [0.1, 0.15) is 10.4 Å². The molecule has 18 heavy (non-hydrogen) atoms. The highest BCUT2D eigenvalue weighted by atomic mass is 127. The van der Waals surface area contributed by atoms with Gasteiger partial charge in [-0.3, -0.25) is 4.79 Å². The highest BCUT2D eigenvalue weighted by Crippen LogP contribution is 2.21. The number of hydrogen-bond donors (Lipinski definition) is 2. The second kappa shape index (κ2) is 5.34. The van der Waals surface area contributed by atoms with Gasteiger partial charge in [0.25, 0.3) is 5.91 Å². The SMILES string of the molecule is O=C(Nc1ccc(I)cc1)c1c(O)cccc1F. The van der Waals surface area contributed by atoms with Crippen molar-refractivity contribution in [3.63, 3.8) is 0 Å². The van der Waals surface area contributed by atoms with E-state index in [2.05, 4.69) is 27.9 Å². The first-order valence-corrected chi connectivity index (χ1v) is 6.20. The molecule has 0 bridgehead atoms. The lowest BCUT2D eigenvalue weighted by Gasteiger charge is -2.07. The van der Waals surface area contributed by atoms with E-state index in [0.29, 0.717) is 5.69 Å². The molecule has 0 unspecified atom stereocenters. The first-order chi connectivity index (χ1) is 8.58. The Kier molecular flexibility index (Phi) is 3.81. The molecule has 0 radical (unpaired) electrons. The van der Waals surface area contributed by atoms with Crippen LogP contribution in [0.4, 0.5) is 10.1 Å². The van der Waals surface area contributed by atoms with Crippen LogP contribution >= 0.6 is 22.6 Å². The lowest BCUT2D eigenvalue weighted by atomic mass is 10.1. The largest absolute Gasteiger partial charge is 0.507 e. The molecule has 0 spiro atoms. The van der Waals surface area contributed by atoms with E-state index in [-0.39, 0.29) is 11.3 Å². The molecule has 1 amide bonds. The van der Waals surface area contributed by atoms with Gasteiger partial charge in [-0.05, 0) is 59.0 Å². The van der Waals surface area contributed by atoms with Gasteiger partial charge in [-0.2, -0.15) is 0 Å². The number of nitrogens with one attached hydrogen (secondary N) is 1. The Morgan fingerprint density at radius 2 is 1.83 bits per heavy atom. The minimum atomic E-state index is -0.752. The van der Waals surface area contributed by atoms with Crippen LogP contribution in [-0.4, -0.2) is 11.0 Å². The summed E-state index contributed by atoms with van der Waals surface area (Å²) in [4.78, 5) is 11.8. The first kappa shape index (κ1) is 12.8. The molecule has 0 heterocycles. The second-order valence-electron chi connectivity index (χ2n) is 3.59. The van der Waals surface area contributed by atoms with Gasteiger partial charge >= 0.3 is 0 Å². The van der Waals surface area contributed by atoms with Gasteiger partial charge in [0, 0.05) is 9.26 Å². The van der Waals surface area contributed by atoms with Crippen molar-refractivity contribution in [1.29, 1.82) is 0 Å². The average Bonchev–Trinajstić information content (AvgIpc) is 2.32. The quantitative estimate of drug-likeness (QED) is 0.810. The zero-order chi connectivity index (χ0) is 13.1. The maximum atomic E-state index is 13.4. The zero-order valence-electron chi connectivity index (χ0n) is 9.15. The van der Waals surface area contributed by atoms with Crippen LogP contribution in [0.15, 0.2) is 42.5 Å². The summed E-state index contributed by atoms with van der Waals surface area (Å²) >= 11 is 2.14. The van der Waals surface area contributed by atoms with Crippen molar-refractivity contribution in [3.8, 4) is 5.75 Å². The summed E-state index contributed by atoms with van der Waals surface area (Å²) in [7, 11) is 0. The molecule has 3 nitrogen and oxygen atoms in total. The van der Waals surface area contributed by atoms with Gasteiger partial charge in [0.05, 0.1) is 0 Å². The second-order valence-corrected chi connectivity index (χ2v) is 4.84. The minimum Gasteiger partial charge on any atom is -0.507 e. The average molecular weight is 357 g/mol. The molecule has 0 aliphatic heterocycles. The van der Waals surface area contributed by atoms with Gasteiger partial charge in [0.1, 0.15) is 17.1 Å². The monoisotopic (exact) mass is 357 g/mol. The summed E-state index contributed by atoms with van der Waals surface area (Å²) in [5, 5.41) is 12.0. The molecule has 0 saturated heterocycles. The fourth-order valence-corrected chi connectivity index (χ4v) is 1.82. The number of amides is 1. The van der Waals surface area contributed by atoms with Gasteiger partial charge in [-0.1, -0.05) is 6.07 Å². The van der Waals surface area contributed by atoms with Crippen LogP contribution in [-0.2, 0) is 0 Å². The molecule has 0 fully saturated rings. The highest BCUT2D eigenvalue weighted by Gasteiger charge is 2.16. The van der Waals surface area contributed by atoms with E-state index in [0.717, 1.165) is 9.64 Å². The summed E-state index contributed by atoms with van der Waals surface area (Å²) in [6.07, 6.45) is 0. The zero-order valence-corrected chi connectivity index (χ0v) is 11.3. The molecule has 92 valence electrons. The number of carbonyl (C=O) groups excluding carboxylic acids is 1. The highest BCUT2D eigenvalue weighted by molar-refractivity contribution is 14.1. The molecule has 0 saturated carbocycles. The van der Waals surface area contributed by atoms with Crippen molar-refractivity contribution in [2.45, 2.75) is 0 Å². The number of phenols is 1. The van der Waals surface area contributed by atoms with E-state index in [4.69, 9.17) is 0 Å². The Labute approximate surface area is 117 Å². The van der Waals surface area contributed by atoms with Crippen LogP contribution in [0, 0.1) is 9.39 Å². The molecular formula is C13H9FINO2. The Bertz CT molecular complexity index is 564. The number of halogens is 2. The third-order valence-corrected chi connectivity index (χ3v) is 3.04. The van der Waals surface area contributed by atoms with Gasteiger partial charge < -0.3 is 10.4 Å². The summed E-state index contributed by atoms with van der Waals surface area (Å²) in [5.74, 6) is -1.80. The smallest absolute Gasteiger partial charge is 0.262 e. The molecule has 0 aliphatic carbocycles. The number of rotatable bonds is 2. The van der Waals surface area contributed by atoms with Crippen molar-refractivity contribution in [1.82, 2.24) is 0 Å². The summed E-state index contributed by atoms with van der Waals surface area (Å²) in [6.45, 7) is 0. The fourth-order valence-electron chi connectivity index (χ4n) is 1.46. The third kappa shape index (κ3) is 2.79. The van der Waals surface area contributed by atoms with Gasteiger partial charge in [0.2, 0.25) is 0 Å². The van der Waals surface area contributed by atoms with Crippen molar-refractivity contribution < 1.29 is 14.3 Å². The van der Waals surface area contributed by atoms with Crippen LogP contribution in [0.3, 0.4) is 0 Å². The maximum absolute atomic E-state index is 13.4. The molecule has 2 N–H and O–H groups in total. The fraction of sp³-hybridized carbons (Fsp3) is 0. The summed E-state index contributed by atoms with van der Waals surface area (Å²) < 4.78 is 14.5. The summed E-state index contributed by atoms with van der Waals surface area (Å²) in [6, 6.07) is 10.8. The van der Waals surface area contributed by atoms with Gasteiger partial charge in [-0.25, -0.2) is 4.39 Å². The molecule has 0 atom stereocenters. The molecule has 5 heteroatoms. The lowest BCUT2D eigenvalue weighted by molar-refractivity contribution is 0.102. The van der Waals surface area contributed by atoms with E-state index in [1.54, 1.807) is 12.1 Å². The van der Waals surface area contributed by atoms with Crippen LogP contribution in [0.5, 0.6) is 5.75 Å². The summed E-state index contributed by atoms with van der Waals surface area (Å²) in [5.41, 5.74) is 0.194. The minimum absolute atomic E-state index is 0.351. The molecule has 2 rings (SSSR count). The number of phenolic OH excluding ortho intramolecular Hbond substituents is 1. The maximum Gasteiger partial charge on any atom is 0.262 e. The van der Waals surface area contributed by atoms with Crippen LogP contribution < -0.4 is 5.32 Å². The van der Waals surface area contributed by atoms with Crippen LogP contribution in [0.25, 0.3) is 0 Å². The van der Waals surface area contributed by atoms with Crippen molar-refractivity contribution in [3.05, 3.63) is 57.4 Å². The normalized spacial score (nSPS) is 10.1. The number of benzene rings is 2. The van der Waals surface area contributed by atoms with Gasteiger partial charge in [-0.15, -0.1) is 0 Å². The predicted molar refractivity (Wildman–Crippen MR) is 75.2 cm³/mol. The molecule has 2 aromatic rings. The van der Waals surface area contributed by atoms with E-state index in [1.165, 1.54) is 12.1 Å². The topological polar surface area (TPSA) is 49.3 Å². The van der Waals surface area contributed by atoms with Gasteiger partial charge in [0.15, 0.2) is 0 Å². The Balaban J connectivity index is 2.25. The molecular weight excluding hydrogens is 348 g/mol. The number of hydrogen-bond acceptors (Lipinski definition) is 2. The molecule has 2 aromatic carbocycles. The van der Waals surface area contributed by atoms with E-state index >= 15 is 0 Å². The van der Waals surface area contributed by atoms with Crippen molar-refractivity contribution in [2.24, 2.45) is 0 Å².